The van der Waals surface area contributed by atoms with Crippen molar-refractivity contribution in [2.24, 2.45) is 0 Å². The summed E-state index contributed by atoms with van der Waals surface area (Å²) in [6, 6.07) is 4.52. The zero-order chi connectivity index (χ0) is 14.9. The topological polar surface area (TPSA) is 26.3 Å². The third-order valence-electron chi connectivity index (χ3n) is 2.64. The van der Waals surface area contributed by atoms with E-state index in [9.17, 15) is 22.4 Å². The molecule has 2 nitrogen and oxygen atoms in total. The lowest BCUT2D eigenvalue weighted by Crippen LogP contribution is -2.02. The minimum Gasteiger partial charge on any atom is -0.465 e. The van der Waals surface area contributed by atoms with Crippen molar-refractivity contribution >= 4 is 5.97 Å². The van der Waals surface area contributed by atoms with Gasteiger partial charge in [-0.2, -0.15) is 0 Å². The number of carbonyl (C=O) groups excluding carboxylic acids is 1. The second kappa shape index (κ2) is 5.32. The van der Waals surface area contributed by atoms with Crippen LogP contribution in [0.4, 0.5) is 17.6 Å². The molecule has 6 heteroatoms. The first-order valence-corrected chi connectivity index (χ1v) is 5.46. The van der Waals surface area contributed by atoms with E-state index in [1.165, 1.54) is 6.07 Å². The van der Waals surface area contributed by atoms with Crippen LogP contribution < -0.4 is 0 Å². The number of ether oxygens (including phenoxy) is 1. The van der Waals surface area contributed by atoms with Crippen molar-refractivity contribution in [3.63, 3.8) is 0 Å². The van der Waals surface area contributed by atoms with Crippen molar-refractivity contribution in [1.29, 1.82) is 0 Å². The molecule has 0 aliphatic rings. The number of esters is 1. The highest BCUT2D eigenvalue weighted by molar-refractivity contribution is 5.91. The Balaban J connectivity index is 2.58. The van der Waals surface area contributed by atoms with Gasteiger partial charge >= 0.3 is 5.97 Å². The zero-order valence-electron chi connectivity index (χ0n) is 10.2. The molecule has 0 aliphatic carbocycles. The second-order valence-corrected chi connectivity index (χ2v) is 3.97. The Morgan fingerprint density at radius 2 is 1.45 bits per heavy atom. The standard InChI is InChI=1S/C14H8F4O2/c1-20-14(19)9-2-7(3-10(15)4-9)8-5-11(16)13(18)12(17)6-8/h2-6H,1H3. The quantitative estimate of drug-likeness (QED) is 0.477. The van der Waals surface area contributed by atoms with Crippen LogP contribution in [-0.4, -0.2) is 13.1 Å². The SMILES string of the molecule is COC(=O)c1cc(F)cc(-c2cc(F)c(F)c(F)c2)c1. The molecule has 0 saturated carbocycles. The fourth-order valence-corrected chi connectivity index (χ4v) is 1.71. The van der Waals surface area contributed by atoms with Crippen LogP contribution in [0.25, 0.3) is 11.1 Å². The molecule has 20 heavy (non-hydrogen) atoms. The van der Waals surface area contributed by atoms with Crippen molar-refractivity contribution in [2.45, 2.75) is 0 Å². The maximum absolute atomic E-state index is 13.4. The Labute approximate surface area is 111 Å². The zero-order valence-corrected chi connectivity index (χ0v) is 10.2. The Kier molecular flexibility index (Phi) is 3.74. The van der Waals surface area contributed by atoms with Crippen LogP contribution in [0.5, 0.6) is 0 Å². The number of halogens is 4. The van der Waals surface area contributed by atoms with E-state index in [-0.39, 0.29) is 16.7 Å². The van der Waals surface area contributed by atoms with Gasteiger partial charge in [-0.1, -0.05) is 0 Å². The minimum atomic E-state index is -1.61. The Bertz CT molecular complexity index is 660. The monoisotopic (exact) mass is 284 g/mol. The van der Waals surface area contributed by atoms with Crippen LogP contribution in [0.15, 0.2) is 30.3 Å². The Morgan fingerprint density at radius 3 is 2.00 bits per heavy atom. The fourth-order valence-electron chi connectivity index (χ4n) is 1.71. The molecule has 0 heterocycles. The molecular formula is C14H8F4O2. The van der Waals surface area contributed by atoms with Gasteiger partial charge in [0.2, 0.25) is 0 Å². The van der Waals surface area contributed by atoms with Gasteiger partial charge in [-0.15, -0.1) is 0 Å². The molecule has 0 bridgehead atoms. The van der Waals surface area contributed by atoms with Crippen molar-refractivity contribution in [3.05, 3.63) is 59.2 Å². The van der Waals surface area contributed by atoms with Crippen LogP contribution in [-0.2, 0) is 4.74 Å². The molecule has 0 atom stereocenters. The number of methoxy groups -OCH3 is 1. The summed E-state index contributed by atoms with van der Waals surface area (Å²) in [6.07, 6.45) is 0. The van der Waals surface area contributed by atoms with Gasteiger partial charge in [0.25, 0.3) is 0 Å². The summed E-state index contributed by atoms with van der Waals surface area (Å²) in [5.41, 5.74) is -0.179. The normalized spacial score (nSPS) is 10.4. The highest BCUT2D eigenvalue weighted by atomic mass is 19.2. The molecule has 0 N–H and O–H groups in total. The minimum absolute atomic E-state index is 0.0307. The van der Waals surface area contributed by atoms with E-state index in [1.54, 1.807) is 0 Å². The van der Waals surface area contributed by atoms with E-state index in [1.807, 2.05) is 0 Å². The van der Waals surface area contributed by atoms with E-state index in [4.69, 9.17) is 0 Å². The molecule has 2 aromatic rings. The number of hydrogen-bond acceptors (Lipinski definition) is 2. The van der Waals surface area contributed by atoms with Gasteiger partial charge in [0.1, 0.15) is 5.82 Å². The molecule has 2 aromatic carbocycles. The lowest BCUT2D eigenvalue weighted by atomic mass is 10.0. The predicted molar refractivity (Wildman–Crippen MR) is 63.0 cm³/mol. The molecule has 0 aliphatic heterocycles. The van der Waals surface area contributed by atoms with Gasteiger partial charge < -0.3 is 4.74 Å². The van der Waals surface area contributed by atoms with Gasteiger partial charge in [0, 0.05) is 0 Å². The summed E-state index contributed by atoms with van der Waals surface area (Å²) in [6.45, 7) is 0. The number of carbonyl (C=O) groups is 1. The van der Waals surface area contributed by atoms with E-state index >= 15 is 0 Å². The third-order valence-corrected chi connectivity index (χ3v) is 2.64. The van der Waals surface area contributed by atoms with E-state index in [0.29, 0.717) is 12.1 Å². The second-order valence-electron chi connectivity index (χ2n) is 3.97. The predicted octanol–water partition coefficient (Wildman–Crippen LogP) is 3.70. The van der Waals surface area contributed by atoms with Crippen LogP contribution >= 0.6 is 0 Å². The van der Waals surface area contributed by atoms with Crippen LogP contribution in [0.2, 0.25) is 0 Å². The van der Waals surface area contributed by atoms with Gasteiger partial charge in [0.15, 0.2) is 17.5 Å². The summed E-state index contributed by atoms with van der Waals surface area (Å²) >= 11 is 0. The van der Waals surface area contributed by atoms with E-state index in [0.717, 1.165) is 19.2 Å². The molecule has 0 radical (unpaired) electrons. The average Bonchev–Trinajstić information content (AvgIpc) is 2.42. The molecule has 104 valence electrons. The van der Waals surface area contributed by atoms with Gasteiger partial charge in [-0.3, -0.25) is 0 Å². The highest BCUT2D eigenvalue weighted by Crippen LogP contribution is 2.25. The Hall–Kier alpha value is -2.37. The van der Waals surface area contributed by atoms with Crippen LogP contribution in [0, 0.1) is 23.3 Å². The number of hydrogen-bond donors (Lipinski definition) is 0. The molecule has 0 saturated heterocycles. The lowest BCUT2D eigenvalue weighted by molar-refractivity contribution is 0.0600. The van der Waals surface area contributed by atoms with E-state index < -0.39 is 29.2 Å². The largest absolute Gasteiger partial charge is 0.465 e. The smallest absolute Gasteiger partial charge is 0.337 e. The fraction of sp³-hybridized carbons (Fsp3) is 0.0714. The van der Waals surface area contributed by atoms with E-state index in [2.05, 4.69) is 4.74 Å². The third kappa shape index (κ3) is 2.64. The first-order chi connectivity index (χ1) is 9.42. The maximum Gasteiger partial charge on any atom is 0.337 e. The summed E-state index contributed by atoms with van der Waals surface area (Å²) < 4.78 is 57.0. The van der Waals surface area contributed by atoms with Crippen molar-refractivity contribution in [2.75, 3.05) is 7.11 Å². The van der Waals surface area contributed by atoms with Gasteiger partial charge in [-0.25, -0.2) is 22.4 Å². The summed E-state index contributed by atoms with van der Waals surface area (Å²) in [7, 11) is 1.12. The molecule has 2 rings (SSSR count). The Morgan fingerprint density at radius 1 is 0.900 bits per heavy atom. The molecule has 0 aromatic heterocycles. The van der Waals surface area contributed by atoms with Crippen molar-refractivity contribution in [3.8, 4) is 11.1 Å². The van der Waals surface area contributed by atoms with Crippen LogP contribution in [0.1, 0.15) is 10.4 Å². The summed E-state index contributed by atoms with van der Waals surface area (Å²) in [4.78, 5) is 11.3. The molecule has 0 amide bonds. The summed E-state index contributed by atoms with van der Waals surface area (Å²) in [5.74, 6) is -5.99. The first-order valence-electron chi connectivity index (χ1n) is 5.46. The number of benzene rings is 2. The average molecular weight is 284 g/mol. The number of rotatable bonds is 2. The van der Waals surface area contributed by atoms with Gasteiger partial charge in [-0.05, 0) is 41.5 Å². The molecular weight excluding hydrogens is 276 g/mol. The first kappa shape index (κ1) is 14.0. The molecule has 0 spiro atoms. The van der Waals surface area contributed by atoms with Crippen LogP contribution in [0.3, 0.4) is 0 Å². The van der Waals surface area contributed by atoms with Crippen molar-refractivity contribution < 1.29 is 27.1 Å². The maximum atomic E-state index is 13.4. The molecule has 0 unspecified atom stereocenters. The van der Waals surface area contributed by atoms with Gasteiger partial charge in [0.05, 0.1) is 12.7 Å². The lowest BCUT2D eigenvalue weighted by Gasteiger charge is -2.06. The molecule has 0 fully saturated rings. The highest BCUT2D eigenvalue weighted by Gasteiger charge is 2.14. The van der Waals surface area contributed by atoms with Crippen molar-refractivity contribution in [1.82, 2.24) is 0 Å². The summed E-state index contributed by atoms with van der Waals surface area (Å²) in [5, 5.41) is 0.